The second kappa shape index (κ2) is 10.1. The average molecular weight is 466 g/mol. The van der Waals surface area contributed by atoms with Crippen molar-refractivity contribution < 1.29 is 14.6 Å². The maximum atomic E-state index is 10.4. The molecule has 4 aromatic carbocycles. The lowest BCUT2D eigenvalue weighted by Gasteiger charge is -2.35. The van der Waals surface area contributed by atoms with Crippen LogP contribution in [0.1, 0.15) is 28.7 Å². The van der Waals surface area contributed by atoms with E-state index in [1.54, 1.807) is 0 Å². The van der Waals surface area contributed by atoms with Crippen molar-refractivity contribution in [1.82, 2.24) is 0 Å². The number of rotatable bonds is 10. The first kappa shape index (κ1) is 22.8. The minimum Gasteiger partial charge on any atom is -0.493 e. The fourth-order valence-corrected chi connectivity index (χ4v) is 5.14. The van der Waals surface area contributed by atoms with Gasteiger partial charge >= 0.3 is 0 Å². The fraction of sp³-hybridized carbons (Fsp3) is 0.200. The lowest BCUT2D eigenvalue weighted by molar-refractivity contribution is 0.232. The highest BCUT2D eigenvalue weighted by molar-refractivity contribution is 5.86. The number of ether oxygens (including phenoxy) is 2. The summed E-state index contributed by atoms with van der Waals surface area (Å²) in [5, 5.41) is 12.2. The van der Waals surface area contributed by atoms with Crippen LogP contribution in [0, 0.1) is 4.91 Å². The minimum atomic E-state index is -0.591. The molecule has 0 aliphatic heterocycles. The van der Waals surface area contributed by atoms with Crippen molar-refractivity contribution in [3.05, 3.63) is 124 Å². The van der Waals surface area contributed by atoms with Crippen LogP contribution in [0.25, 0.3) is 11.1 Å². The molecule has 4 aromatic rings. The molecule has 0 saturated heterocycles. The van der Waals surface area contributed by atoms with Crippen molar-refractivity contribution in [2.24, 2.45) is 5.18 Å². The van der Waals surface area contributed by atoms with Crippen LogP contribution in [0.4, 0.5) is 0 Å². The number of fused-ring (bicyclic) bond motifs is 3. The molecule has 0 fully saturated rings. The summed E-state index contributed by atoms with van der Waals surface area (Å²) < 4.78 is 11.9. The summed E-state index contributed by atoms with van der Waals surface area (Å²) in [6, 6.07) is 33.3. The summed E-state index contributed by atoms with van der Waals surface area (Å²) in [6.07, 6.45) is 0.566. The second-order valence-corrected chi connectivity index (χ2v) is 8.49. The first-order valence-electron chi connectivity index (χ1n) is 11.9. The van der Waals surface area contributed by atoms with Gasteiger partial charge in [-0.1, -0.05) is 84.0 Å². The highest BCUT2D eigenvalue weighted by Gasteiger charge is 2.47. The Bertz CT molecular complexity index is 1270. The van der Waals surface area contributed by atoms with Gasteiger partial charge in [0.2, 0.25) is 0 Å². The number of nitrogens with zero attached hydrogens (tertiary/aromatic N) is 1. The summed E-state index contributed by atoms with van der Waals surface area (Å²) in [4.78, 5) is 10.4. The molecule has 0 saturated carbocycles. The zero-order chi connectivity index (χ0) is 24.1. The van der Waals surface area contributed by atoms with E-state index < -0.39 is 5.41 Å². The second-order valence-electron chi connectivity index (χ2n) is 8.49. The molecule has 5 rings (SSSR count). The molecule has 5 heteroatoms. The number of hydrogen-bond acceptors (Lipinski definition) is 5. The number of para-hydroxylation sites is 1. The van der Waals surface area contributed by atoms with Gasteiger partial charge in [-0.15, -0.1) is 0 Å². The number of hydrogen-bond donors (Lipinski definition) is 1. The molecule has 0 amide bonds. The maximum absolute atomic E-state index is 10.4. The number of aliphatic hydroxyl groups excluding tert-OH is 1. The first-order chi connectivity index (χ1) is 17.3. The van der Waals surface area contributed by atoms with Crippen molar-refractivity contribution in [3.8, 4) is 22.6 Å². The molecule has 5 nitrogen and oxygen atoms in total. The highest BCUT2D eigenvalue weighted by atomic mass is 16.5. The predicted molar refractivity (Wildman–Crippen MR) is 137 cm³/mol. The van der Waals surface area contributed by atoms with E-state index in [0.717, 1.165) is 16.9 Å². The molecule has 1 aliphatic carbocycles. The van der Waals surface area contributed by atoms with Crippen LogP contribution in [-0.4, -0.2) is 31.5 Å². The van der Waals surface area contributed by atoms with E-state index in [-0.39, 0.29) is 19.8 Å². The molecular weight excluding hydrogens is 438 g/mol. The zero-order valence-corrected chi connectivity index (χ0v) is 19.4. The SMILES string of the molecule is O=NCCOc1ccc(C2(c3ccccc3OCCCO)c3ccccc3-c3ccccc32)cc1. The Labute approximate surface area is 205 Å². The third-order valence-electron chi connectivity index (χ3n) is 6.54. The molecule has 0 unspecified atom stereocenters. The standard InChI is InChI=1S/C30H27NO4/c32-19-7-20-35-29-13-6-5-12-28(29)30(22-14-16-23(17-15-22)34-21-18-31-33)26-10-3-1-8-24(26)25-9-2-4-11-27(25)30/h1-6,8-17,32H,7,18-21H2. The van der Waals surface area contributed by atoms with E-state index in [2.05, 4.69) is 71.9 Å². The van der Waals surface area contributed by atoms with Crippen LogP contribution in [0.5, 0.6) is 11.5 Å². The molecular formula is C30H27NO4. The van der Waals surface area contributed by atoms with Gasteiger partial charge in [-0.2, -0.15) is 4.91 Å². The van der Waals surface area contributed by atoms with Gasteiger partial charge in [-0.25, -0.2) is 0 Å². The Morgan fingerprint density at radius 2 is 1.29 bits per heavy atom. The summed E-state index contributed by atoms with van der Waals surface area (Å²) in [6.45, 7) is 0.886. The summed E-state index contributed by atoms with van der Waals surface area (Å²) in [5.74, 6) is 1.49. The van der Waals surface area contributed by atoms with Gasteiger partial charge in [-0.3, -0.25) is 0 Å². The van der Waals surface area contributed by atoms with Crippen LogP contribution in [-0.2, 0) is 5.41 Å². The Morgan fingerprint density at radius 1 is 0.686 bits per heavy atom. The Balaban J connectivity index is 1.74. The van der Waals surface area contributed by atoms with Crippen LogP contribution in [0.2, 0.25) is 0 Å². The average Bonchev–Trinajstić information content (AvgIpc) is 3.21. The topological polar surface area (TPSA) is 68.1 Å². The van der Waals surface area contributed by atoms with E-state index in [0.29, 0.717) is 18.8 Å². The Hall–Kier alpha value is -3.96. The van der Waals surface area contributed by atoms with Crippen LogP contribution in [0.15, 0.2) is 102 Å². The van der Waals surface area contributed by atoms with Crippen LogP contribution in [0.3, 0.4) is 0 Å². The number of aliphatic hydroxyl groups is 1. The molecule has 1 N–H and O–H groups in total. The Morgan fingerprint density at radius 3 is 1.91 bits per heavy atom. The van der Waals surface area contributed by atoms with Crippen molar-refractivity contribution in [2.45, 2.75) is 11.8 Å². The molecule has 0 spiro atoms. The van der Waals surface area contributed by atoms with Gasteiger partial charge in [-0.05, 0) is 46.0 Å². The van der Waals surface area contributed by atoms with Gasteiger partial charge in [0, 0.05) is 18.6 Å². The van der Waals surface area contributed by atoms with E-state index in [9.17, 15) is 10.0 Å². The molecule has 0 bridgehead atoms. The number of nitroso groups, excluding NO2 is 1. The van der Waals surface area contributed by atoms with Gasteiger partial charge in [0.1, 0.15) is 24.7 Å². The number of benzene rings is 4. The highest BCUT2D eigenvalue weighted by Crippen LogP contribution is 2.57. The minimum absolute atomic E-state index is 0.0834. The molecule has 0 aromatic heterocycles. The van der Waals surface area contributed by atoms with Gasteiger partial charge in [0.25, 0.3) is 0 Å². The van der Waals surface area contributed by atoms with Crippen LogP contribution < -0.4 is 9.47 Å². The smallest absolute Gasteiger partial charge is 0.124 e. The Kier molecular flexibility index (Phi) is 6.59. The summed E-state index contributed by atoms with van der Waals surface area (Å²) in [7, 11) is 0. The molecule has 35 heavy (non-hydrogen) atoms. The first-order valence-corrected chi connectivity index (χ1v) is 11.9. The van der Waals surface area contributed by atoms with E-state index in [1.807, 2.05) is 30.3 Å². The molecule has 176 valence electrons. The van der Waals surface area contributed by atoms with Crippen molar-refractivity contribution in [3.63, 3.8) is 0 Å². The van der Waals surface area contributed by atoms with E-state index in [4.69, 9.17) is 9.47 Å². The van der Waals surface area contributed by atoms with E-state index >= 15 is 0 Å². The quantitative estimate of drug-likeness (QED) is 0.204. The molecule has 0 radical (unpaired) electrons. The third kappa shape index (κ3) is 3.98. The van der Waals surface area contributed by atoms with Crippen molar-refractivity contribution in [1.29, 1.82) is 0 Å². The molecule has 0 atom stereocenters. The molecule has 0 heterocycles. The maximum Gasteiger partial charge on any atom is 0.124 e. The van der Waals surface area contributed by atoms with Crippen molar-refractivity contribution >= 4 is 0 Å². The third-order valence-corrected chi connectivity index (χ3v) is 6.54. The van der Waals surface area contributed by atoms with Gasteiger partial charge in [0.05, 0.1) is 12.0 Å². The monoisotopic (exact) mass is 465 g/mol. The predicted octanol–water partition coefficient (Wildman–Crippen LogP) is 5.96. The van der Waals surface area contributed by atoms with Crippen LogP contribution >= 0.6 is 0 Å². The lowest BCUT2D eigenvalue weighted by atomic mass is 9.67. The molecule has 1 aliphatic rings. The summed E-state index contributed by atoms with van der Waals surface area (Å²) >= 11 is 0. The fourth-order valence-electron chi connectivity index (χ4n) is 5.14. The summed E-state index contributed by atoms with van der Waals surface area (Å²) in [5.41, 5.74) is 6.34. The lowest BCUT2D eigenvalue weighted by Crippen LogP contribution is -2.29. The van der Waals surface area contributed by atoms with Gasteiger partial charge in [0.15, 0.2) is 0 Å². The van der Waals surface area contributed by atoms with Crippen molar-refractivity contribution in [2.75, 3.05) is 26.4 Å². The van der Waals surface area contributed by atoms with E-state index in [1.165, 1.54) is 22.3 Å². The van der Waals surface area contributed by atoms with Gasteiger partial charge < -0.3 is 14.6 Å². The largest absolute Gasteiger partial charge is 0.493 e. The zero-order valence-electron chi connectivity index (χ0n) is 19.4. The normalized spacial score (nSPS) is 13.1.